The summed E-state index contributed by atoms with van der Waals surface area (Å²) >= 11 is 0. The lowest BCUT2D eigenvalue weighted by molar-refractivity contribution is 0.965. The van der Waals surface area contributed by atoms with E-state index in [2.05, 4.69) is 20.1 Å². The van der Waals surface area contributed by atoms with Crippen molar-refractivity contribution in [3.63, 3.8) is 0 Å². The molecule has 0 radical (unpaired) electrons. The Hall–Kier alpha value is 0.0997. The molecule has 1 aliphatic heterocycles. The third kappa shape index (κ3) is 2.45. The molecule has 0 aromatic carbocycles. The van der Waals surface area contributed by atoms with E-state index in [1.54, 1.807) is 0 Å². The third-order valence-corrected chi connectivity index (χ3v) is 1.30. The van der Waals surface area contributed by atoms with Crippen molar-refractivity contribution in [1.82, 2.24) is 20.1 Å². The smallest absolute Gasteiger partial charge is 0.267 e. The topological polar surface area (TPSA) is 39.3 Å². The van der Waals surface area contributed by atoms with E-state index < -0.39 is 0 Å². The van der Waals surface area contributed by atoms with Gasteiger partial charge in [-0.1, -0.05) is 0 Å². The first-order chi connectivity index (χ1) is 4.43. The minimum Gasteiger partial charge on any atom is -0.395 e. The average Bonchev–Trinajstić information content (AvgIpc) is 1.91. The van der Waals surface area contributed by atoms with Gasteiger partial charge < -0.3 is 20.1 Å². The molecule has 9 heavy (non-hydrogen) atoms. The molecular weight excluding hydrogens is 111 g/mol. The SMILES string of the molecule is CNBN1BNBNB1. The van der Waals surface area contributed by atoms with Gasteiger partial charge in [0.15, 0.2) is 0 Å². The second-order valence-corrected chi connectivity index (χ2v) is 2.18. The average molecular weight is 121 g/mol. The molecule has 1 aliphatic rings. The van der Waals surface area contributed by atoms with Crippen LogP contribution in [0.5, 0.6) is 0 Å². The second kappa shape index (κ2) is 4.00. The molecular formula is CH10B4N4. The number of nitrogens with zero attached hydrogens (tertiary/aromatic N) is 1. The van der Waals surface area contributed by atoms with Crippen molar-refractivity contribution in [1.29, 1.82) is 0 Å². The van der Waals surface area contributed by atoms with Gasteiger partial charge in [0, 0.05) is 0 Å². The number of hydrogen-bond donors (Lipinski definition) is 3. The highest BCUT2D eigenvalue weighted by atomic mass is 15.1. The van der Waals surface area contributed by atoms with Crippen LogP contribution in [-0.2, 0) is 0 Å². The maximum absolute atomic E-state index is 3.19. The van der Waals surface area contributed by atoms with Crippen LogP contribution in [0, 0.1) is 0 Å². The van der Waals surface area contributed by atoms with Crippen molar-refractivity contribution in [3.8, 4) is 0 Å². The van der Waals surface area contributed by atoms with Gasteiger partial charge >= 0.3 is 0 Å². The van der Waals surface area contributed by atoms with E-state index in [9.17, 15) is 0 Å². The Kier molecular flexibility index (Phi) is 3.21. The summed E-state index contributed by atoms with van der Waals surface area (Å²) in [5.41, 5.74) is 0. The molecule has 0 bridgehead atoms. The van der Waals surface area contributed by atoms with Crippen molar-refractivity contribution >= 4 is 30.2 Å². The van der Waals surface area contributed by atoms with Crippen LogP contribution in [0.2, 0.25) is 0 Å². The van der Waals surface area contributed by atoms with E-state index in [0.29, 0.717) is 0 Å². The largest absolute Gasteiger partial charge is 0.395 e. The molecule has 0 aliphatic carbocycles. The molecule has 0 spiro atoms. The van der Waals surface area contributed by atoms with Crippen molar-refractivity contribution in [2.24, 2.45) is 0 Å². The zero-order valence-electron chi connectivity index (χ0n) is 5.78. The summed E-state index contributed by atoms with van der Waals surface area (Å²) in [6.45, 7) is 0. The Bertz CT molecular complexity index is 70.2. The fraction of sp³-hybridized carbons (Fsp3) is 1.00. The zero-order chi connectivity index (χ0) is 6.53. The van der Waals surface area contributed by atoms with E-state index in [0.717, 1.165) is 30.2 Å². The molecule has 46 valence electrons. The number of rotatable bonds is 2. The molecule has 0 aromatic rings. The predicted molar refractivity (Wildman–Crippen MR) is 45.8 cm³/mol. The van der Waals surface area contributed by atoms with Crippen LogP contribution < -0.4 is 15.5 Å². The summed E-state index contributed by atoms with van der Waals surface area (Å²) in [4.78, 5) is 0. The van der Waals surface area contributed by atoms with Crippen LogP contribution >= 0.6 is 0 Å². The van der Waals surface area contributed by atoms with Gasteiger partial charge in [-0.2, -0.15) is 0 Å². The van der Waals surface area contributed by atoms with Crippen molar-refractivity contribution < 1.29 is 0 Å². The molecule has 3 N–H and O–H groups in total. The van der Waals surface area contributed by atoms with Crippen LogP contribution in [0.15, 0.2) is 0 Å². The van der Waals surface area contributed by atoms with Crippen LogP contribution in [0.1, 0.15) is 0 Å². The summed E-state index contributed by atoms with van der Waals surface area (Å²) in [6.07, 6.45) is 0. The highest BCUT2D eigenvalue weighted by Gasteiger charge is 2.11. The Morgan fingerprint density at radius 3 is 2.67 bits per heavy atom. The van der Waals surface area contributed by atoms with Crippen LogP contribution in [0.25, 0.3) is 0 Å². The van der Waals surface area contributed by atoms with Crippen LogP contribution in [0.4, 0.5) is 0 Å². The van der Waals surface area contributed by atoms with Gasteiger partial charge in [0.25, 0.3) is 30.2 Å². The van der Waals surface area contributed by atoms with Gasteiger partial charge in [0.1, 0.15) is 0 Å². The van der Waals surface area contributed by atoms with Gasteiger partial charge in [-0.25, -0.2) is 0 Å². The molecule has 0 atom stereocenters. The summed E-state index contributed by atoms with van der Waals surface area (Å²) in [5.74, 6) is 0. The number of hydrogen-bond acceptors (Lipinski definition) is 4. The fourth-order valence-corrected chi connectivity index (χ4v) is 0.908. The molecule has 4 nitrogen and oxygen atoms in total. The summed E-state index contributed by atoms with van der Waals surface area (Å²) in [6, 6.07) is 0. The summed E-state index contributed by atoms with van der Waals surface area (Å²) < 4.78 is 2.24. The van der Waals surface area contributed by atoms with Crippen molar-refractivity contribution in [3.05, 3.63) is 0 Å². The van der Waals surface area contributed by atoms with E-state index in [1.165, 1.54) is 0 Å². The quantitative estimate of drug-likeness (QED) is 0.324. The van der Waals surface area contributed by atoms with Gasteiger partial charge in [-0.3, -0.25) is 0 Å². The molecule has 1 heterocycles. The molecule has 1 saturated heterocycles. The van der Waals surface area contributed by atoms with Gasteiger partial charge in [0.05, 0.1) is 0 Å². The Morgan fingerprint density at radius 1 is 1.44 bits per heavy atom. The van der Waals surface area contributed by atoms with Crippen LogP contribution in [-0.4, -0.2) is 41.9 Å². The molecule has 8 heteroatoms. The Morgan fingerprint density at radius 2 is 2.11 bits per heavy atom. The molecule has 0 aromatic heterocycles. The first kappa shape index (κ1) is 7.21. The monoisotopic (exact) mass is 122 g/mol. The van der Waals surface area contributed by atoms with Gasteiger partial charge in [0.2, 0.25) is 0 Å². The normalized spacial score (nSPS) is 19.2. The molecule has 0 saturated carbocycles. The fourth-order valence-electron chi connectivity index (χ4n) is 0.908. The zero-order valence-corrected chi connectivity index (χ0v) is 5.78. The van der Waals surface area contributed by atoms with Gasteiger partial charge in [-0.15, -0.1) is 0 Å². The van der Waals surface area contributed by atoms with E-state index in [1.807, 2.05) is 7.05 Å². The Balaban J connectivity index is 2.08. The highest BCUT2D eigenvalue weighted by Crippen LogP contribution is 1.72. The molecule has 1 rings (SSSR count). The van der Waals surface area contributed by atoms with Crippen molar-refractivity contribution in [2.75, 3.05) is 7.05 Å². The van der Waals surface area contributed by atoms with Gasteiger partial charge in [-0.05, 0) is 7.05 Å². The Labute approximate surface area is 58.3 Å². The predicted octanol–water partition coefficient (Wildman–Crippen LogP) is -4.23. The maximum atomic E-state index is 3.19. The highest BCUT2D eigenvalue weighted by molar-refractivity contribution is 6.73. The first-order valence-corrected chi connectivity index (χ1v) is 3.22. The lowest BCUT2D eigenvalue weighted by atomic mass is 9.74. The second-order valence-electron chi connectivity index (χ2n) is 2.18. The lowest BCUT2D eigenvalue weighted by Gasteiger charge is -2.24. The molecule has 0 unspecified atom stereocenters. The number of nitrogens with one attached hydrogen (secondary N) is 3. The summed E-state index contributed by atoms with van der Waals surface area (Å²) in [7, 11) is 5.79. The van der Waals surface area contributed by atoms with Crippen molar-refractivity contribution in [2.45, 2.75) is 0 Å². The molecule has 0 amide bonds. The standard InChI is InChI=1S/CH10B4N4/c1-6-3-9-4-7-2-8-5-9/h2-8H,1H3. The lowest BCUT2D eigenvalue weighted by Crippen LogP contribution is -2.60. The first-order valence-electron chi connectivity index (χ1n) is 3.22. The van der Waals surface area contributed by atoms with E-state index in [4.69, 9.17) is 0 Å². The summed E-state index contributed by atoms with van der Waals surface area (Å²) in [5, 5.41) is 9.47. The maximum Gasteiger partial charge on any atom is 0.267 e. The van der Waals surface area contributed by atoms with Crippen LogP contribution in [0.3, 0.4) is 0 Å². The minimum absolute atomic E-state index is 0.931. The third-order valence-electron chi connectivity index (χ3n) is 1.30. The van der Waals surface area contributed by atoms with E-state index >= 15 is 0 Å². The molecule has 1 fully saturated rings. The minimum atomic E-state index is 0.931. The van der Waals surface area contributed by atoms with E-state index in [-0.39, 0.29) is 0 Å².